The van der Waals surface area contributed by atoms with Gasteiger partial charge in [-0.15, -0.1) is 24.0 Å². The first-order chi connectivity index (χ1) is 14.2. The maximum absolute atomic E-state index is 6.02. The molecule has 2 heterocycles. The molecule has 0 spiro atoms. The second-order valence-electron chi connectivity index (χ2n) is 7.70. The Balaban J connectivity index is 0.00000320. The van der Waals surface area contributed by atoms with Crippen LogP contribution in [0.25, 0.3) is 5.82 Å². The molecule has 0 atom stereocenters. The second kappa shape index (κ2) is 12.9. The first kappa shape index (κ1) is 24.6. The van der Waals surface area contributed by atoms with Crippen LogP contribution >= 0.6 is 24.0 Å². The summed E-state index contributed by atoms with van der Waals surface area (Å²) in [5.41, 5.74) is 3.16. The van der Waals surface area contributed by atoms with Crippen molar-refractivity contribution in [1.29, 1.82) is 0 Å². The average molecular weight is 526 g/mol. The van der Waals surface area contributed by atoms with Gasteiger partial charge in [0.25, 0.3) is 0 Å². The lowest BCUT2D eigenvalue weighted by atomic mass is 10.1. The average Bonchev–Trinajstić information content (AvgIpc) is 2.92. The molecule has 3 rings (SSSR count). The molecule has 0 aliphatic heterocycles. The van der Waals surface area contributed by atoms with Gasteiger partial charge < -0.3 is 15.4 Å². The highest BCUT2D eigenvalue weighted by Crippen LogP contribution is 2.19. The Morgan fingerprint density at radius 3 is 2.53 bits per heavy atom. The lowest BCUT2D eigenvalue weighted by molar-refractivity contribution is 0.0468. The Bertz CT molecular complexity index is 781. The van der Waals surface area contributed by atoms with Crippen LogP contribution in [-0.4, -0.2) is 47.0 Å². The van der Waals surface area contributed by atoms with E-state index in [1.807, 2.05) is 36.9 Å². The summed E-state index contributed by atoms with van der Waals surface area (Å²) in [7, 11) is 1.78. The van der Waals surface area contributed by atoms with E-state index in [2.05, 4.69) is 31.8 Å². The topological polar surface area (TPSA) is 76.4 Å². The molecule has 0 amide bonds. The van der Waals surface area contributed by atoms with Crippen molar-refractivity contribution in [3.05, 3.63) is 41.3 Å². The van der Waals surface area contributed by atoms with Crippen molar-refractivity contribution in [1.82, 2.24) is 25.4 Å². The zero-order valence-electron chi connectivity index (χ0n) is 18.4. The van der Waals surface area contributed by atoms with E-state index in [0.717, 1.165) is 35.3 Å². The van der Waals surface area contributed by atoms with Crippen LogP contribution in [0.3, 0.4) is 0 Å². The predicted molar refractivity (Wildman–Crippen MR) is 132 cm³/mol. The third-order valence-corrected chi connectivity index (χ3v) is 5.27. The SMILES string of the molecule is CN=C(NCCOC1CCCCCC1)NCc1ccc(-n2nc(C)cc2C)nc1.I. The van der Waals surface area contributed by atoms with Crippen molar-refractivity contribution < 1.29 is 4.74 Å². The number of nitrogens with one attached hydrogen (secondary N) is 2. The summed E-state index contributed by atoms with van der Waals surface area (Å²) in [5, 5.41) is 11.1. The molecule has 0 aromatic carbocycles. The molecule has 0 saturated heterocycles. The molecule has 1 saturated carbocycles. The maximum Gasteiger partial charge on any atom is 0.191 e. The molecular weight excluding hydrogens is 491 g/mol. The minimum atomic E-state index is 0. The fourth-order valence-corrected chi connectivity index (χ4v) is 3.72. The van der Waals surface area contributed by atoms with Gasteiger partial charge in [0.05, 0.1) is 18.4 Å². The Hall–Kier alpha value is -1.68. The Labute approximate surface area is 197 Å². The summed E-state index contributed by atoms with van der Waals surface area (Å²) in [6.07, 6.45) is 10.0. The highest BCUT2D eigenvalue weighted by molar-refractivity contribution is 14.0. The molecule has 1 aliphatic carbocycles. The lowest BCUT2D eigenvalue weighted by Crippen LogP contribution is -2.39. The van der Waals surface area contributed by atoms with Crippen LogP contribution in [0.5, 0.6) is 0 Å². The number of pyridine rings is 1. The minimum Gasteiger partial charge on any atom is -0.376 e. The van der Waals surface area contributed by atoms with E-state index in [9.17, 15) is 0 Å². The number of aryl methyl sites for hydroxylation is 2. The summed E-state index contributed by atoms with van der Waals surface area (Å²) in [6, 6.07) is 6.10. The zero-order chi connectivity index (χ0) is 20.5. The highest BCUT2D eigenvalue weighted by atomic mass is 127. The van der Waals surface area contributed by atoms with Gasteiger partial charge in [0.2, 0.25) is 0 Å². The van der Waals surface area contributed by atoms with E-state index in [0.29, 0.717) is 19.3 Å². The summed E-state index contributed by atoms with van der Waals surface area (Å²) in [4.78, 5) is 8.83. The maximum atomic E-state index is 6.02. The van der Waals surface area contributed by atoms with Crippen molar-refractivity contribution in [3.8, 4) is 5.82 Å². The molecule has 0 unspecified atom stereocenters. The third-order valence-electron chi connectivity index (χ3n) is 5.27. The van der Waals surface area contributed by atoms with Crippen LogP contribution in [-0.2, 0) is 11.3 Å². The lowest BCUT2D eigenvalue weighted by Gasteiger charge is -2.17. The third kappa shape index (κ3) is 7.54. The summed E-state index contributed by atoms with van der Waals surface area (Å²) in [5.74, 6) is 1.61. The van der Waals surface area contributed by atoms with Crippen LogP contribution in [0.4, 0.5) is 0 Å². The molecule has 0 bridgehead atoms. The smallest absolute Gasteiger partial charge is 0.191 e. The number of ether oxygens (including phenoxy) is 1. The zero-order valence-corrected chi connectivity index (χ0v) is 20.7. The Morgan fingerprint density at radius 1 is 1.17 bits per heavy atom. The van der Waals surface area contributed by atoms with Crippen LogP contribution in [0.2, 0.25) is 0 Å². The molecule has 2 aromatic rings. The van der Waals surface area contributed by atoms with Gasteiger partial charge in [-0.1, -0.05) is 31.7 Å². The van der Waals surface area contributed by atoms with Gasteiger partial charge in [-0.05, 0) is 44.4 Å². The number of guanidine groups is 1. The summed E-state index contributed by atoms with van der Waals surface area (Å²) < 4.78 is 7.89. The van der Waals surface area contributed by atoms with Gasteiger partial charge in [0, 0.05) is 32.0 Å². The van der Waals surface area contributed by atoms with Gasteiger partial charge in [-0.3, -0.25) is 4.99 Å². The highest BCUT2D eigenvalue weighted by Gasteiger charge is 2.12. The molecule has 8 heteroatoms. The Morgan fingerprint density at radius 2 is 1.93 bits per heavy atom. The quantitative estimate of drug-likeness (QED) is 0.188. The molecule has 2 N–H and O–H groups in total. The predicted octanol–water partition coefficient (Wildman–Crippen LogP) is 3.91. The molecular formula is C22H35IN6O. The molecule has 30 heavy (non-hydrogen) atoms. The standard InChI is InChI=1S/C22H34N6O.HI/c1-17-14-18(2)28(27-17)21-11-10-19(15-25-21)16-26-22(23-3)24-12-13-29-20-8-6-4-5-7-9-20;/h10-11,14-15,20H,4-9,12-13,16H2,1-3H3,(H2,23,24,26);1H. The minimum absolute atomic E-state index is 0. The van der Waals surface area contributed by atoms with Crippen LogP contribution in [0.15, 0.2) is 29.4 Å². The van der Waals surface area contributed by atoms with Gasteiger partial charge in [0.1, 0.15) is 0 Å². The van der Waals surface area contributed by atoms with Gasteiger partial charge >= 0.3 is 0 Å². The summed E-state index contributed by atoms with van der Waals surface area (Å²) in [6.45, 7) is 6.15. The molecule has 1 aliphatic rings. The normalized spacial score (nSPS) is 15.4. The number of halogens is 1. The fraction of sp³-hybridized carbons (Fsp3) is 0.591. The number of hydrogen-bond acceptors (Lipinski definition) is 4. The van der Waals surface area contributed by atoms with Crippen LogP contribution < -0.4 is 10.6 Å². The molecule has 1 fully saturated rings. The van der Waals surface area contributed by atoms with Crippen molar-refractivity contribution in [2.75, 3.05) is 20.2 Å². The van der Waals surface area contributed by atoms with Crippen LogP contribution in [0, 0.1) is 13.8 Å². The van der Waals surface area contributed by atoms with Gasteiger partial charge in [-0.2, -0.15) is 5.10 Å². The van der Waals surface area contributed by atoms with Crippen LogP contribution in [0.1, 0.15) is 55.5 Å². The second-order valence-corrected chi connectivity index (χ2v) is 7.70. The van der Waals surface area contributed by atoms with E-state index >= 15 is 0 Å². The van der Waals surface area contributed by atoms with E-state index in [4.69, 9.17) is 4.74 Å². The fourth-order valence-electron chi connectivity index (χ4n) is 3.72. The number of aliphatic imine (C=N–C) groups is 1. The van der Waals surface area contributed by atoms with Gasteiger partial charge in [-0.25, -0.2) is 9.67 Å². The van der Waals surface area contributed by atoms with Gasteiger partial charge in [0.15, 0.2) is 11.8 Å². The van der Waals surface area contributed by atoms with E-state index in [-0.39, 0.29) is 24.0 Å². The number of rotatable bonds is 7. The molecule has 0 radical (unpaired) electrons. The van der Waals surface area contributed by atoms with Crippen molar-refractivity contribution in [2.24, 2.45) is 4.99 Å². The largest absolute Gasteiger partial charge is 0.376 e. The van der Waals surface area contributed by atoms with Crippen molar-refractivity contribution in [2.45, 2.75) is 65.0 Å². The molecule has 2 aromatic heterocycles. The van der Waals surface area contributed by atoms with E-state index in [1.165, 1.54) is 38.5 Å². The van der Waals surface area contributed by atoms with E-state index in [1.54, 1.807) is 7.05 Å². The first-order valence-corrected chi connectivity index (χ1v) is 10.7. The van der Waals surface area contributed by atoms with Crippen molar-refractivity contribution >= 4 is 29.9 Å². The number of aromatic nitrogens is 3. The monoisotopic (exact) mass is 526 g/mol. The Kier molecular flexibility index (Phi) is 10.6. The molecule has 7 nitrogen and oxygen atoms in total. The number of nitrogens with zero attached hydrogens (tertiary/aromatic N) is 4. The van der Waals surface area contributed by atoms with E-state index < -0.39 is 0 Å². The number of hydrogen-bond donors (Lipinski definition) is 2. The summed E-state index contributed by atoms with van der Waals surface area (Å²) >= 11 is 0. The van der Waals surface area contributed by atoms with Crippen molar-refractivity contribution in [3.63, 3.8) is 0 Å². The molecule has 166 valence electrons. The first-order valence-electron chi connectivity index (χ1n) is 10.7.